The van der Waals surface area contributed by atoms with Crippen LogP contribution in [0.5, 0.6) is 0 Å². The van der Waals surface area contributed by atoms with Gasteiger partial charge in [0.25, 0.3) is 5.91 Å². The monoisotopic (exact) mass is 355 g/mol. The second-order valence-electron chi connectivity index (χ2n) is 6.59. The number of methoxy groups -OCH3 is 1. The summed E-state index contributed by atoms with van der Waals surface area (Å²) in [5, 5.41) is 8.79. The van der Waals surface area contributed by atoms with Crippen molar-refractivity contribution in [2.24, 2.45) is 7.05 Å². The first-order valence-corrected chi connectivity index (χ1v) is 8.63. The van der Waals surface area contributed by atoms with Gasteiger partial charge in [-0.1, -0.05) is 6.07 Å². The Labute approximate surface area is 153 Å². The van der Waals surface area contributed by atoms with Crippen LogP contribution in [-0.4, -0.2) is 50.5 Å². The fraction of sp³-hybridized carbons (Fsp3) is 0.421. The Bertz CT molecular complexity index is 941. The third-order valence-electron chi connectivity index (χ3n) is 4.75. The molecule has 3 aromatic rings. The predicted octanol–water partition coefficient (Wildman–Crippen LogP) is 2.28. The number of hydrogen-bond donors (Lipinski definition) is 0. The molecule has 0 radical (unpaired) electrons. The van der Waals surface area contributed by atoms with Crippen molar-refractivity contribution in [3.05, 3.63) is 52.6 Å². The van der Waals surface area contributed by atoms with E-state index in [0.717, 1.165) is 28.0 Å². The third-order valence-corrected chi connectivity index (χ3v) is 4.75. The minimum absolute atomic E-state index is 0.0523. The average molecular weight is 355 g/mol. The third kappa shape index (κ3) is 3.35. The zero-order valence-corrected chi connectivity index (χ0v) is 16.0. The van der Waals surface area contributed by atoms with Crippen LogP contribution in [0.25, 0.3) is 5.52 Å². The number of nitrogens with zero attached hydrogens (tertiary/aromatic N) is 5. The number of ether oxygens (including phenoxy) is 1. The van der Waals surface area contributed by atoms with Crippen LogP contribution in [0.2, 0.25) is 0 Å². The van der Waals surface area contributed by atoms with E-state index in [9.17, 15) is 4.79 Å². The van der Waals surface area contributed by atoms with Crippen molar-refractivity contribution in [3.63, 3.8) is 0 Å². The van der Waals surface area contributed by atoms with Gasteiger partial charge in [-0.15, -0.1) is 0 Å². The molecule has 3 rings (SSSR count). The number of aromatic nitrogens is 4. The van der Waals surface area contributed by atoms with Crippen LogP contribution >= 0.6 is 0 Å². The number of hydrogen-bond acceptors (Lipinski definition) is 4. The minimum Gasteiger partial charge on any atom is -0.383 e. The molecule has 0 N–H and O–H groups in total. The molecule has 0 saturated heterocycles. The molecule has 7 nitrogen and oxygen atoms in total. The van der Waals surface area contributed by atoms with Gasteiger partial charge in [-0.3, -0.25) is 9.48 Å². The first-order chi connectivity index (χ1) is 12.4. The lowest BCUT2D eigenvalue weighted by Crippen LogP contribution is -2.33. The summed E-state index contributed by atoms with van der Waals surface area (Å²) in [6, 6.07) is 3.92. The van der Waals surface area contributed by atoms with Gasteiger partial charge in [-0.25, -0.2) is 4.52 Å². The van der Waals surface area contributed by atoms with Gasteiger partial charge in [0.15, 0.2) is 0 Å². The van der Waals surface area contributed by atoms with Crippen LogP contribution in [0.3, 0.4) is 0 Å². The van der Waals surface area contributed by atoms with Gasteiger partial charge in [0.2, 0.25) is 0 Å². The van der Waals surface area contributed by atoms with Gasteiger partial charge >= 0.3 is 0 Å². The number of amides is 1. The van der Waals surface area contributed by atoms with Crippen molar-refractivity contribution in [2.45, 2.75) is 27.3 Å². The Hall–Kier alpha value is -2.67. The maximum Gasteiger partial charge on any atom is 0.258 e. The van der Waals surface area contributed by atoms with Gasteiger partial charge in [0.1, 0.15) is 0 Å². The highest BCUT2D eigenvalue weighted by atomic mass is 16.5. The van der Waals surface area contributed by atoms with Crippen LogP contribution < -0.4 is 0 Å². The van der Waals surface area contributed by atoms with Crippen LogP contribution in [-0.2, 0) is 18.3 Å². The van der Waals surface area contributed by atoms with Gasteiger partial charge in [-0.05, 0) is 32.4 Å². The Morgan fingerprint density at radius 1 is 1.27 bits per heavy atom. The molecular formula is C19H25N5O2. The molecular weight excluding hydrogens is 330 g/mol. The van der Waals surface area contributed by atoms with Gasteiger partial charge in [-0.2, -0.15) is 10.2 Å². The summed E-state index contributed by atoms with van der Waals surface area (Å²) in [6.45, 7) is 7.47. The SMILES string of the molecule is COCCN(Cc1c(C)nn(C)c1C)C(=O)c1cnn2cc(C)ccc12. The van der Waals surface area contributed by atoms with E-state index in [1.165, 1.54) is 0 Å². The lowest BCUT2D eigenvalue weighted by molar-refractivity contribution is 0.0681. The lowest BCUT2D eigenvalue weighted by Gasteiger charge is -2.22. The lowest BCUT2D eigenvalue weighted by atomic mass is 10.1. The maximum atomic E-state index is 13.2. The molecule has 0 spiro atoms. The molecule has 3 aromatic heterocycles. The molecule has 3 heterocycles. The smallest absolute Gasteiger partial charge is 0.258 e. The molecule has 26 heavy (non-hydrogen) atoms. The standard InChI is InChI=1S/C19H25N5O2/c1-13-6-7-18-16(10-20-24(18)11-13)19(25)23(8-9-26-5)12-17-14(2)21-22(4)15(17)3/h6-7,10-11H,8-9,12H2,1-5H3. The highest BCUT2D eigenvalue weighted by molar-refractivity contribution is 6.00. The van der Waals surface area contributed by atoms with E-state index in [1.54, 1.807) is 22.7 Å². The normalized spacial score (nSPS) is 11.3. The average Bonchev–Trinajstić information content (AvgIpc) is 3.13. The van der Waals surface area contributed by atoms with E-state index in [4.69, 9.17) is 4.74 Å². The topological polar surface area (TPSA) is 64.7 Å². The molecule has 0 fully saturated rings. The molecule has 0 unspecified atom stereocenters. The predicted molar refractivity (Wildman–Crippen MR) is 99.2 cm³/mol. The Balaban J connectivity index is 1.94. The molecule has 0 atom stereocenters. The van der Waals surface area contributed by atoms with Crippen LogP contribution in [0.15, 0.2) is 24.5 Å². The molecule has 0 aliphatic heterocycles. The zero-order chi connectivity index (χ0) is 18.8. The summed E-state index contributed by atoms with van der Waals surface area (Å²) in [5.41, 5.74) is 5.58. The van der Waals surface area contributed by atoms with Crippen molar-refractivity contribution >= 4 is 11.4 Å². The fourth-order valence-corrected chi connectivity index (χ4v) is 3.11. The van der Waals surface area contributed by atoms with E-state index in [-0.39, 0.29) is 5.91 Å². The highest BCUT2D eigenvalue weighted by Crippen LogP contribution is 2.19. The van der Waals surface area contributed by atoms with E-state index in [2.05, 4.69) is 10.2 Å². The molecule has 138 valence electrons. The van der Waals surface area contributed by atoms with Gasteiger partial charge in [0.05, 0.1) is 29.6 Å². The van der Waals surface area contributed by atoms with Crippen molar-refractivity contribution in [1.82, 2.24) is 24.3 Å². The van der Waals surface area contributed by atoms with Gasteiger partial charge < -0.3 is 9.64 Å². The highest BCUT2D eigenvalue weighted by Gasteiger charge is 2.22. The number of aryl methyl sites for hydroxylation is 3. The van der Waals surface area contributed by atoms with Crippen LogP contribution in [0, 0.1) is 20.8 Å². The Morgan fingerprint density at radius 2 is 2.04 bits per heavy atom. The Kier molecular flexibility index (Phi) is 5.08. The van der Waals surface area contributed by atoms with Crippen molar-refractivity contribution in [3.8, 4) is 0 Å². The van der Waals surface area contributed by atoms with Crippen LogP contribution in [0.4, 0.5) is 0 Å². The molecule has 0 saturated carbocycles. The molecule has 0 aliphatic rings. The number of carbonyl (C=O) groups is 1. The summed E-state index contributed by atoms with van der Waals surface area (Å²) in [5.74, 6) is -0.0523. The molecule has 1 amide bonds. The second kappa shape index (κ2) is 7.29. The first kappa shape index (κ1) is 18.1. The minimum atomic E-state index is -0.0523. The zero-order valence-electron chi connectivity index (χ0n) is 16.0. The summed E-state index contributed by atoms with van der Waals surface area (Å²) >= 11 is 0. The van der Waals surface area contributed by atoms with E-state index >= 15 is 0 Å². The first-order valence-electron chi connectivity index (χ1n) is 8.63. The number of pyridine rings is 1. The molecule has 0 aliphatic carbocycles. The van der Waals surface area contributed by atoms with Crippen molar-refractivity contribution in [2.75, 3.05) is 20.3 Å². The number of carbonyl (C=O) groups excluding carboxylic acids is 1. The fourth-order valence-electron chi connectivity index (χ4n) is 3.11. The van der Waals surface area contributed by atoms with E-state index in [0.29, 0.717) is 25.3 Å². The van der Waals surface area contributed by atoms with Gasteiger partial charge in [0, 0.05) is 44.7 Å². The number of rotatable bonds is 6. The summed E-state index contributed by atoms with van der Waals surface area (Å²) in [4.78, 5) is 15.0. The van der Waals surface area contributed by atoms with Crippen LogP contribution in [0.1, 0.15) is 32.9 Å². The second-order valence-corrected chi connectivity index (χ2v) is 6.59. The summed E-state index contributed by atoms with van der Waals surface area (Å²) in [6.07, 6.45) is 3.56. The molecule has 7 heteroatoms. The van der Waals surface area contributed by atoms with Crippen molar-refractivity contribution in [1.29, 1.82) is 0 Å². The maximum absolute atomic E-state index is 13.2. The Morgan fingerprint density at radius 3 is 2.69 bits per heavy atom. The van der Waals surface area contributed by atoms with E-state index in [1.807, 2.05) is 50.8 Å². The molecule has 0 aromatic carbocycles. The van der Waals surface area contributed by atoms with Crippen molar-refractivity contribution < 1.29 is 9.53 Å². The summed E-state index contributed by atoms with van der Waals surface area (Å²) < 4.78 is 8.81. The molecule has 0 bridgehead atoms. The largest absolute Gasteiger partial charge is 0.383 e. The summed E-state index contributed by atoms with van der Waals surface area (Å²) in [7, 11) is 3.56. The number of fused-ring (bicyclic) bond motifs is 1. The quantitative estimate of drug-likeness (QED) is 0.680. The van der Waals surface area contributed by atoms with E-state index < -0.39 is 0 Å².